The Labute approximate surface area is 162 Å². The number of carbonyl (C=O) groups is 1. The molecular weight excluding hydrogens is 387 g/mol. The number of nitro groups is 1. The number of nitrogens with zero attached hydrogens (tertiary/aromatic N) is 4. The maximum absolute atomic E-state index is 13.9. The summed E-state index contributed by atoms with van der Waals surface area (Å²) < 4.78 is 14.2. The zero-order valence-electron chi connectivity index (χ0n) is 14.5. The van der Waals surface area contributed by atoms with Crippen molar-refractivity contribution in [3.8, 4) is 0 Å². The number of aromatic amines is 2. The fourth-order valence-electron chi connectivity index (χ4n) is 3.26. The van der Waals surface area contributed by atoms with Gasteiger partial charge in [-0.05, 0) is 30.4 Å². The minimum absolute atomic E-state index is 0.0726. The minimum Gasteiger partial charge on any atom is -0.353 e. The number of rotatable bonds is 3. The van der Waals surface area contributed by atoms with Gasteiger partial charge in [-0.3, -0.25) is 14.9 Å². The molecule has 0 atom stereocenters. The number of carbonyl (C=O) groups excluding carboxylic acids is 1. The Hall–Kier alpha value is -3.34. The molecule has 1 amide bonds. The molecule has 1 fully saturated rings. The number of imidazole rings is 1. The maximum atomic E-state index is 13.9. The van der Waals surface area contributed by atoms with Gasteiger partial charge in [0.2, 0.25) is 0 Å². The number of amides is 1. The van der Waals surface area contributed by atoms with E-state index in [2.05, 4.69) is 15.0 Å². The first kappa shape index (κ1) is 18.0. The molecular formula is C17H15FN6O3S. The van der Waals surface area contributed by atoms with Crippen LogP contribution in [0.25, 0.3) is 11.0 Å². The summed E-state index contributed by atoms with van der Waals surface area (Å²) in [6.45, 7) is 1.86. The molecule has 2 N–H and O–H groups in total. The SMILES string of the molecule is O=C(c1cc(F)cc2[nH]c(=S)[nH]c12)N1CCN(c2ccc([N+](=O)[O-])cn2)CC1. The molecule has 9 nitrogen and oxygen atoms in total. The van der Waals surface area contributed by atoms with Crippen molar-refractivity contribution in [1.29, 1.82) is 0 Å². The fraction of sp³-hybridized carbons (Fsp3) is 0.235. The average Bonchev–Trinajstić information content (AvgIpc) is 3.07. The summed E-state index contributed by atoms with van der Waals surface area (Å²) in [5, 5.41) is 10.7. The molecule has 1 aliphatic heterocycles. The minimum atomic E-state index is -0.519. The smallest absolute Gasteiger partial charge is 0.287 e. The molecule has 0 unspecified atom stereocenters. The maximum Gasteiger partial charge on any atom is 0.287 e. The first-order valence-corrected chi connectivity index (χ1v) is 8.89. The zero-order valence-corrected chi connectivity index (χ0v) is 15.3. The van der Waals surface area contributed by atoms with Gasteiger partial charge in [-0.25, -0.2) is 9.37 Å². The Balaban J connectivity index is 1.50. The molecule has 4 rings (SSSR count). The highest BCUT2D eigenvalue weighted by Crippen LogP contribution is 2.22. The normalized spacial score (nSPS) is 14.5. The highest BCUT2D eigenvalue weighted by atomic mass is 32.1. The van der Waals surface area contributed by atoms with Crippen LogP contribution in [0.2, 0.25) is 0 Å². The van der Waals surface area contributed by atoms with Gasteiger partial charge in [0.05, 0.1) is 21.5 Å². The van der Waals surface area contributed by atoms with Crippen LogP contribution in [0, 0.1) is 20.7 Å². The van der Waals surface area contributed by atoms with E-state index in [1.165, 1.54) is 24.4 Å². The third-order valence-electron chi connectivity index (χ3n) is 4.65. The third kappa shape index (κ3) is 3.31. The quantitative estimate of drug-likeness (QED) is 0.396. The number of aromatic nitrogens is 3. The number of halogens is 1. The van der Waals surface area contributed by atoms with E-state index in [-0.39, 0.29) is 17.2 Å². The van der Waals surface area contributed by atoms with Crippen molar-refractivity contribution in [3.63, 3.8) is 0 Å². The Kier molecular flexibility index (Phi) is 4.51. The lowest BCUT2D eigenvalue weighted by molar-refractivity contribution is -0.385. The number of fused-ring (bicyclic) bond motifs is 1. The Morgan fingerprint density at radius 1 is 1.21 bits per heavy atom. The predicted octanol–water partition coefficient (Wildman–Crippen LogP) is 2.63. The molecule has 0 saturated carbocycles. The molecule has 3 heterocycles. The van der Waals surface area contributed by atoms with Crippen molar-refractivity contribution in [2.45, 2.75) is 0 Å². The summed E-state index contributed by atoms with van der Waals surface area (Å²) in [6, 6.07) is 5.48. The second kappa shape index (κ2) is 7.00. The largest absolute Gasteiger partial charge is 0.353 e. The Bertz CT molecular complexity index is 1120. The molecule has 0 bridgehead atoms. The van der Waals surface area contributed by atoms with Crippen molar-refractivity contribution >= 4 is 40.7 Å². The molecule has 11 heteroatoms. The number of piperazine rings is 1. The number of nitrogens with one attached hydrogen (secondary N) is 2. The van der Waals surface area contributed by atoms with Gasteiger partial charge in [0.15, 0.2) is 4.77 Å². The lowest BCUT2D eigenvalue weighted by Crippen LogP contribution is -2.49. The second-order valence-electron chi connectivity index (χ2n) is 6.37. The van der Waals surface area contributed by atoms with Crippen LogP contribution in [0.15, 0.2) is 30.5 Å². The van der Waals surface area contributed by atoms with Crippen molar-refractivity contribution < 1.29 is 14.1 Å². The van der Waals surface area contributed by atoms with Crippen LogP contribution in [0.4, 0.5) is 15.9 Å². The summed E-state index contributed by atoms with van der Waals surface area (Å²) in [6.07, 6.45) is 1.21. The highest BCUT2D eigenvalue weighted by molar-refractivity contribution is 7.71. The average molecular weight is 402 g/mol. The van der Waals surface area contributed by atoms with Crippen molar-refractivity contribution in [2.75, 3.05) is 31.1 Å². The molecule has 1 aliphatic rings. The number of anilines is 1. The topological polar surface area (TPSA) is 111 Å². The molecule has 28 heavy (non-hydrogen) atoms. The van der Waals surface area contributed by atoms with Crippen molar-refractivity contribution in [1.82, 2.24) is 19.9 Å². The van der Waals surface area contributed by atoms with E-state index in [9.17, 15) is 19.3 Å². The van der Waals surface area contributed by atoms with E-state index in [4.69, 9.17) is 12.2 Å². The second-order valence-corrected chi connectivity index (χ2v) is 6.77. The summed E-state index contributed by atoms with van der Waals surface area (Å²) in [5.74, 6) is -0.193. The van der Waals surface area contributed by atoms with E-state index in [0.717, 1.165) is 0 Å². The van der Waals surface area contributed by atoms with Crippen molar-refractivity contribution in [3.05, 3.63) is 56.7 Å². The van der Waals surface area contributed by atoms with Crippen LogP contribution in [-0.2, 0) is 0 Å². The lowest BCUT2D eigenvalue weighted by Gasteiger charge is -2.35. The van der Waals surface area contributed by atoms with Crippen LogP contribution < -0.4 is 4.90 Å². The zero-order chi connectivity index (χ0) is 19.8. The van der Waals surface area contributed by atoms with Gasteiger partial charge in [-0.2, -0.15) is 0 Å². The molecule has 0 spiro atoms. The molecule has 0 radical (unpaired) electrons. The van der Waals surface area contributed by atoms with Gasteiger partial charge in [0.1, 0.15) is 17.8 Å². The first-order chi connectivity index (χ1) is 13.4. The molecule has 1 saturated heterocycles. The molecule has 1 aromatic carbocycles. The van der Waals surface area contributed by atoms with E-state index in [1.807, 2.05) is 4.90 Å². The number of hydrogen-bond acceptors (Lipinski definition) is 6. The molecule has 144 valence electrons. The highest BCUT2D eigenvalue weighted by Gasteiger charge is 2.25. The first-order valence-electron chi connectivity index (χ1n) is 8.48. The number of benzene rings is 1. The van der Waals surface area contributed by atoms with Crippen LogP contribution in [0.5, 0.6) is 0 Å². The number of pyridine rings is 1. The molecule has 2 aromatic heterocycles. The molecule has 3 aromatic rings. The van der Waals surface area contributed by atoms with E-state index in [0.29, 0.717) is 47.8 Å². The van der Waals surface area contributed by atoms with Gasteiger partial charge in [0.25, 0.3) is 11.6 Å². The fourth-order valence-corrected chi connectivity index (χ4v) is 3.47. The van der Waals surface area contributed by atoms with Gasteiger partial charge in [-0.1, -0.05) is 0 Å². The Morgan fingerprint density at radius 3 is 2.61 bits per heavy atom. The van der Waals surface area contributed by atoms with Gasteiger partial charge in [0, 0.05) is 32.2 Å². The summed E-state index contributed by atoms with van der Waals surface area (Å²) in [7, 11) is 0. The third-order valence-corrected chi connectivity index (χ3v) is 4.86. The van der Waals surface area contributed by atoms with Crippen LogP contribution in [0.1, 0.15) is 10.4 Å². The van der Waals surface area contributed by atoms with Gasteiger partial charge >= 0.3 is 0 Å². The summed E-state index contributed by atoms with van der Waals surface area (Å²) >= 11 is 5.04. The standard InChI is InChI=1S/C17H15FN6O3S/c18-10-7-12(15-13(8-10)20-17(28)21-15)16(25)23-5-3-22(4-6-23)14-2-1-11(9-19-14)24(26)27/h1-2,7-9H,3-6H2,(H2,20,21,28). The van der Waals surface area contributed by atoms with E-state index in [1.54, 1.807) is 11.0 Å². The number of hydrogen-bond donors (Lipinski definition) is 2. The van der Waals surface area contributed by atoms with E-state index >= 15 is 0 Å². The van der Waals surface area contributed by atoms with Gasteiger partial charge in [-0.15, -0.1) is 0 Å². The van der Waals surface area contributed by atoms with Crippen LogP contribution in [-0.4, -0.2) is 56.9 Å². The summed E-state index contributed by atoms with van der Waals surface area (Å²) in [4.78, 5) is 36.6. The van der Waals surface area contributed by atoms with E-state index < -0.39 is 10.7 Å². The van der Waals surface area contributed by atoms with Crippen LogP contribution in [0.3, 0.4) is 0 Å². The predicted molar refractivity (Wildman–Crippen MR) is 102 cm³/mol. The van der Waals surface area contributed by atoms with Gasteiger partial charge < -0.3 is 19.8 Å². The monoisotopic (exact) mass is 402 g/mol. The van der Waals surface area contributed by atoms with Crippen molar-refractivity contribution in [2.24, 2.45) is 0 Å². The summed E-state index contributed by atoms with van der Waals surface area (Å²) in [5.41, 5.74) is 1.08. The number of H-pyrrole nitrogens is 2. The Morgan fingerprint density at radius 2 is 1.96 bits per heavy atom. The van der Waals surface area contributed by atoms with Crippen LogP contribution >= 0.6 is 12.2 Å². The molecule has 0 aliphatic carbocycles. The lowest BCUT2D eigenvalue weighted by atomic mass is 10.1.